The lowest BCUT2D eigenvalue weighted by atomic mass is 15.9. The van der Waals surface area contributed by atoms with Gasteiger partial charge in [-0.25, -0.2) is 22.4 Å². The van der Waals surface area contributed by atoms with Crippen LogP contribution in [0.4, 0.5) is 0 Å². The van der Waals surface area contributed by atoms with Crippen molar-refractivity contribution in [2.45, 2.75) is 0 Å². The molecule has 0 aliphatic carbocycles. The lowest BCUT2D eigenvalue weighted by molar-refractivity contribution is 0.534. The van der Waals surface area contributed by atoms with Gasteiger partial charge >= 0.3 is 0 Å². The molecule has 0 aromatic heterocycles. The Hall–Kier alpha value is 0.620. The normalized spacial score (nSPS) is 7.56. The highest BCUT2D eigenvalue weighted by atomic mass is 32.8. The molecule has 0 saturated heterocycles. The SMILES string of the molecule is O.O=[S-](O)=S.O=[S-](O)=S. The van der Waals surface area contributed by atoms with E-state index in [1.54, 1.807) is 0 Å². The minimum atomic E-state index is -2.03. The van der Waals surface area contributed by atoms with Gasteiger partial charge in [0.2, 0.25) is 0 Å². The van der Waals surface area contributed by atoms with Gasteiger partial charge in [0, 0.05) is 0 Å². The molecule has 0 spiro atoms. The first-order valence-corrected chi connectivity index (χ1v) is 5.10. The largest absolute Gasteiger partial charge is 0.459 e. The fraction of sp³-hybridized carbons (Fsp3) is 0. The highest BCUT2D eigenvalue weighted by Gasteiger charge is 1.19. The van der Waals surface area contributed by atoms with Crippen molar-refractivity contribution in [1.29, 1.82) is 0 Å². The summed E-state index contributed by atoms with van der Waals surface area (Å²) in [7, 11) is -4.06. The Labute approximate surface area is 64.8 Å². The summed E-state index contributed by atoms with van der Waals surface area (Å²) in [5.74, 6) is 0. The molecule has 0 saturated carbocycles. The molecule has 0 unspecified atom stereocenters. The van der Waals surface area contributed by atoms with E-state index in [4.69, 9.17) is 17.5 Å². The number of hydrogen-bond acceptors (Lipinski definition) is 6. The molecule has 4 N–H and O–H groups in total. The summed E-state index contributed by atoms with van der Waals surface area (Å²) >= 11 is 7.30. The van der Waals surface area contributed by atoms with Crippen LogP contribution in [0.5, 0.6) is 0 Å². The molecule has 0 atom stereocenters. The lowest BCUT2D eigenvalue weighted by Crippen LogP contribution is -1.51. The van der Waals surface area contributed by atoms with Gasteiger partial charge < -0.3 is 23.0 Å². The second-order valence-corrected chi connectivity index (χ2v) is 3.01. The van der Waals surface area contributed by atoms with Crippen molar-refractivity contribution in [3.8, 4) is 0 Å². The van der Waals surface area contributed by atoms with Crippen molar-refractivity contribution in [1.82, 2.24) is 0 Å². The topological polar surface area (TPSA) is 106 Å². The quantitative estimate of drug-likeness (QED) is 0.392. The maximum Gasteiger partial charge on any atom is -0.0918 e. The third-order valence-corrected chi connectivity index (χ3v) is 0. The van der Waals surface area contributed by atoms with Crippen LogP contribution >= 0.6 is 0 Å². The van der Waals surface area contributed by atoms with Gasteiger partial charge in [0.1, 0.15) is 0 Å². The van der Waals surface area contributed by atoms with Gasteiger partial charge in [-0.3, -0.25) is 0 Å². The van der Waals surface area contributed by atoms with E-state index < -0.39 is 19.3 Å². The summed E-state index contributed by atoms with van der Waals surface area (Å²) in [6.45, 7) is 0. The van der Waals surface area contributed by atoms with Gasteiger partial charge in [-0.1, -0.05) is 19.3 Å². The molecule has 0 fully saturated rings. The summed E-state index contributed by atoms with van der Waals surface area (Å²) in [4.78, 5) is 0. The molecule has 0 aromatic carbocycles. The van der Waals surface area contributed by atoms with Crippen LogP contribution in [0.2, 0.25) is 0 Å². The van der Waals surface area contributed by atoms with Crippen molar-refractivity contribution in [2.24, 2.45) is 0 Å². The Balaban J connectivity index is -0.0000000720. The minimum absolute atomic E-state index is 0. The molecule has 0 rings (SSSR count). The fourth-order valence-electron chi connectivity index (χ4n) is 0. The van der Waals surface area contributed by atoms with E-state index in [0.29, 0.717) is 0 Å². The van der Waals surface area contributed by atoms with Crippen LogP contribution in [-0.4, -0.2) is 14.6 Å². The van der Waals surface area contributed by atoms with Crippen LogP contribution in [0.3, 0.4) is 0 Å². The second-order valence-electron chi connectivity index (χ2n) is 0.434. The first-order valence-electron chi connectivity index (χ1n) is 1.03. The number of rotatable bonds is 0. The summed E-state index contributed by atoms with van der Waals surface area (Å²) < 4.78 is 32.5. The van der Waals surface area contributed by atoms with Crippen LogP contribution in [-0.2, 0) is 50.1 Å². The molecule has 0 heterocycles. The molecule has 0 radical (unpaired) electrons. The molecule has 0 aliphatic rings. The van der Waals surface area contributed by atoms with E-state index in [2.05, 4.69) is 22.4 Å². The van der Waals surface area contributed by atoms with Crippen LogP contribution < -0.4 is 0 Å². The molecule has 0 aromatic rings. The Bertz CT molecular complexity index is 126. The molecule has 0 aliphatic heterocycles. The lowest BCUT2D eigenvalue weighted by Gasteiger charge is -1.67. The summed E-state index contributed by atoms with van der Waals surface area (Å²) in [5.41, 5.74) is 0. The zero-order valence-corrected chi connectivity index (χ0v) is 7.11. The Morgan fingerprint density at radius 3 is 1.00 bits per heavy atom. The summed E-state index contributed by atoms with van der Waals surface area (Å²) in [5, 5.41) is 0. The average molecular weight is 212 g/mol. The zero-order chi connectivity index (χ0) is 7.15. The Morgan fingerprint density at radius 2 is 1.00 bits per heavy atom. The predicted octanol–water partition coefficient (Wildman–Crippen LogP) is -1.05. The van der Waals surface area contributed by atoms with Crippen molar-refractivity contribution in [2.75, 3.05) is 0 Å². The summed E-state index contributed by atoms with van der Waals surface area (Å²) in [6, 6.07) is 0. The van der Waals surface area contributed by atoms with E-state index in [1.807, 2.05) is 0 Å². The van der Waals surface area contributed by atoms with Crippen molar-refractivity contribution < 1.29 is 23.0 Å². The first kappa shape index (κ1) is 16.3. The molecule has 0 amide bonds. The highest BCUT2D eigenvalue weighted by Crippen LogP contribution is 1.34. The van der Waals surface area contributed by atoms with Gasteiger partial charge in [0.25, 0.3) is 0 Å². The number of hydrogen-bond donors (Lipinski definition) is 2. The van der Waals surface area contributed by atoms with Gasteiger partial charge in [0.15, 0.2) is 0 Å². The molecule has 9 heteroatoms. The van der Waals surface area contributed by atoms with Crippen LogP contribution in [0.25, 0.3) is 0 Å². The van der Waals surface area contributed by atoms with Gasteiger partial charge in [-0.2, -0.15) is 0 Å². The third-order valence-electron chi connectivity index (χ3n) is 0. The Morgan fingerprint density at radius 1 is 1.00 bits per heavy atom. The van der Waals surface area contributed by atoms with Gasteiger partial charge in [-0.15, -0.1) is 0 Å². The minimum Gasteiger partial charge on any atom is -0.459 e. The monoisotopic (exact) mass is 212 g/mol. The van der Waals surface area contributed by atoms with E-state index in [9.17, 15) is 0 Å². The molecule has 60 valence electrons. The van der Waals surface area contributed by atoms with E-state index >= 15 is 0 Å². The Kier molecular flexibility index (Phi) is 20.7. The van der Waals surface area contributed by atoms with Crippen LogP contribution in [0, 0.1) is 0 Å². The summed E-state index contributed by atoms with van der Waals surface area (Å²) in [6.07, 6.45) is 0. The molecule has 0 bridgehead atoms. The maximum atomic E-state index is 8.93. The van der Waals surface area contributed by atoms with E-state index in [-0.39, 0.29) is 5.48 Å². The second kappa shape index (κ2) is 11.4. The van der Waals surface area contributed by atoms with Crippen LogP contribution in [0.1, 0.15) is 0 Å². The molecular formula is H4O5S4-2. The molecule has 9 heavy (non-hydrogen) atoms. The molecule has 5 nitrogen and oxygen atoms in total. The average Bonchev–Trinajstić information content (AvgIpc) is 1.25. The van der Waals surface area contributed by atoms with Gasteiger partial charge in [0.05, 0.1) is 0 Å². The fourth-order valence-corrected chi connectivity index (χ4v) is 0. The standard InChI is InChI=1S/2HO2S2.H2O/c2*1-4(2)3;/h2*(H,1,2,3);1H2/q2*-1;. The maximum absolute atomic E-state index is 8.93. The third kappa shape index (κ3) is 983. The first-order chi connectivity index (χ1) is 3.46. The van der Waals surface area contributed by atoms with Crippen molar-refractivity contribution in [3.05, 3.63) is 0 Å². The smallest absolute Gasteiger partial charge is 0.0918 e. The van der Waals surface area contributed by atoms with Crippen LogP contribution in [0.15, 0.2) is 0 Å². The van der Waals surface area contributed by atoms with Crippen molar-refractivity contribution in [3.63, 3.8) is 0 Å². The predicted molar refractivity (Wildman–Crippen MR) is 39.7 cm³/mol. The highest BCUT2D eigenvalue weighted by molar-refractivity contribution is 8.18. The zero-order valence-electron chi connectivity index (χ0n) is 3.84. The van der Waals surface area contributed by atoms with Crippen molar-refractivity contribution >= 4 is 41.7 Å². The van der Waals surface area contributed by atoms with Gasteiger partial charge in [-0.05, 0) is 0 Å². The molecular weight excluding hydrogens is 208 g/mol. The van der Waals surface area contributed by atoms with E-state index in [1.165, 1.54) is 0 Å². The van der Waals surface area contributed by atoms with E-state index in [0.717, 1.165) is 0 Å².